The van der Waals surface area contributed by atoms with Crippen LogP contribution in [0.4, 0.5) is 0 Å². The van der Waals surface area contributed by atoms with Crippen molar-refractivity contribution in [1.29, 1.82) is 0 Å². The van der Waals surface area contributed by atoms with E-state index in [0.29, 0.717) is 35.6 Å². The van der Waals surface area contributed by atoms with Gasteiger partial charge in [-0.05, 0) is 37.5 Å². The molecule has 5 nitrogen and oxygen atoms in total. The monoisotopic (exact) mass is 379 g/mol. The standard InChI is InChI=1S/C15H23Cl2N3O2S/c1-3-18-15(20-9-10-23(2,21)22)19-8-4-5-12-6-7-13(16)11-14(12)17/h6-7,11H,3-5,8-10H2,1-2H3,(H2,18,19,20). The molecule has 8 heteroatoms. The van der Waals surface area contributed by atoms with Crippen molar-refractivity contribution in [2.24, 2.45) is 4.99 Å². The molecule has 0 atom stereocenters. The molecule has 0 heterocycles. The number of nitrogens with one attached hydrogen (secondary N) is 2. The maximum atomic E-state index is 11.1. The molecule has 130 valence electrons. The smallest absolute Gasteiger partial charge is 0.191 e. The summed E-state index contributed by atoms with van der Waals surface area (Å²) in [4.78, 5) is 4.43. The second-order valence-corrected chi connectivity index (χ2v) is 8.26. The third-order valence-electron chi connectivity index (χ3n) is 3.00. The van der Waals surface area contributed by atoms with Gasteiger partial charge in [0.25, 0.3) is 0 Å². The van der Waals surface area contributed by atoms with Crippen molar-refractivity contribution in [3.05, 3.63) is 33.8 Å². The van der Waals surface area contributed by atoms with E-state index in [4.69, 9.17) is 23.2 Å². The van der Waals surface area contributed by atoms with Gasteiger partial charge in [-0.1, -0.05) is 29.3 Å². The molecule has 1 aromatic rings. The molecule has 0 bridgehead atoms. The summed E-state index contributed by atoms with van der Waals surface area (Å²) in [6, 6.07) is 5.48. The van der Waals surface area contributed by atoms with Gasteiger partial charge in [-0.2, -0.15) is 0 Å². The summed E-state index contributed by atoms with van der Waals surface area (Å²) in [6.07, 6.45) is 2.86. The Morgan fingerprint density at radius 1 is 1.26 bits per heavy atom. The van der Waals surface area contributed by atoms with Crippen molar-refractivity contribution in [3.63, 3.8) is 0 Å². The molecular weight excluding hydrogens is 357 g/mol. The summed E-state index contributed by atoms with van der Waals surface area (Å²) in [5.41, 5.74) is 1.04. The van der Waals surface area contributed by atoms with E-state index >= 15 is 0 Å². The summed E-state index contributed by atoms with van der Waals surface area (Å²) >= 11 is 12.0. The molecule has 0 saturated carbocycles. The molecule has 0 amide bonds. The summed E-state index contributed by atoms with van der Waals surface area (Å²) in [5.74, 6) is 0.705. The van der Waals surface area contributed by atoms with E-state index < -0.39 is 9.84 Å². The topological polar surface area (TPSA) is 70.6 Å². The van der Waals surface area contributed by atoms with Gasteiger partial charge < -0.3 is 10.6 Å². The number of halogens is 2. The average Bonchev–Trinajstić information content (AvgIpc) is 2.44. The van der Waals surface area contributed by atoms with Crippen molar-refractivity contribution in [2.45, 2.75) is 19.8 Å². The highest BCUT2D eigenvalue weighted by Gasteiger charge is 2.04. The maximum Gasteiger partial charge on any atom is 0.191 e. The molecule has 0 fully saturated rings. The van der Waals surface area contributed by atoms with Gasteiger partial charge in [-0.25, -0.2) is 8.42 Å². The Balaban J connectivity index is 2.44. The van der Waals surface area contributed by atoms with Crippen molar-refractivity contribution in [2.75, 3.05) is 31.6 Å². The Morgan fingerprint density at radius 2 is 2.00 bits per heavy atom. The second-order valence-electron chi connectivity index (χ2n) is 5.16. The average molecular weight is 380 g/mol. The van der Waals surface area contributed by atoms with Crippen LogP contribution in [-0.2, 0) is 16.3 Å². The van der Waals surface area contributed by atoms with Crippen LogP contribution >= 0.6 is 23.2 Å². The van der Waals surface area contributed by atoms with E-state index in [-0.39, 0.29) is 5.75 Å². The van der Waals surface area contributed by atoms with Gasteiger partial charge in [0.2, 0.25) is 0 Å². The minimum atomic E-state index is -2.97. The molecule has 0 aliphatic rings. The molecule has 0 spiro atoms. The minimum absolute atomic E-state index is 0.0811. The molecule has 1 aromatic carbocycles. The number of guanidine groups is 1. The summed E-state index contributed by atoms with van der Waals surface area (Å²) < 4.78 is 22.2. The van der Waals surface area contributed by atoms with Gasteiger partial charge in [0, 0.05) is 35.9 Å². The van der Waals surface area contributed by atoms with E-state index in [9.17, 15) is 8.42 Å². The van der Waals surface area contributed by atoms with Crippen LogP contribution in [0.5, 0.6) is 0 Å². The van der Waals surface area contributed by atoms with Crippen LogP contribution in [0, 0.1) is 0 Å². The van der Waals surface area contributed by atoms with Crippen LogP contribution in [-0.4, -0.2) is 46.0 Å². The van der Waals surface area contributed by atoms with Crippen LogP contribution in [0.1, 0.15) is 18.9 Å². The number of rotatable bonds is 8. The largest absolute Gasteiger partial charge is 0.357 e. The van der Waals surface area contributed by atoms with Crippen LogP contribution in [0.25, 0.3) is 0 Å². The lowest BCUT2D eigenvalue weighted by molar-refractivity contribution is 0.600. The number of hydrogen-bond acceptors (Lipinski definition) is 3. The zero-order valence-electron chi connectivity index (χ0n) is 13.4. The molecule has 23 heavy (non-hydrogen) atoms. The van der Waals surface area contributed by atoms with Gasteiger partial charge in [0.15, 0.2) is 5.96 Å². The fourth-order valence-corrected chi connectivity index (χ4v) is 2.86. The summed E-state index contributed by atoms with van der Waals surface area (Å²) in [7, 11) is -2.97. The van der Waals surface area contributed by atoms with Crippen LogP contribution < -0.4 is 10.6 Å². The number of sulfone groups is 1. The molecule has 0 aliphatic carbocycles. The van der Waals surface area contributed by atoms with E-state index in [0.717, 1.165) is 18.4 Å². The highest BCUT2D eigenvalue weighted by Crippen LogP contribution is 2.21. The van der Waals surface area contributed by atoms with Crippen molar-refractivity contribution >= 4 is 39.0 Å². The third-order valence-corrected chi connectivity index (χ3v) is 4.53. The number of nitrogens with zero attached hydrogens (tertiary/aromatic N) is 1. The molecule has 0 saturated heterocycles. The molecule has 0 radical (unpaired) electrons. The quantitative estimate of drug-likeness (QED) is 0.413. The first-order chi connectivity index (χ1) is 10.8. The van der Waals surface area contributed by atoms with E-state index in [1.165, 1.54) is 6.26 Å². The molecular formula is C15H23Cl2N3O2S. The third kappa shape index (κ3) is 9.03. The van der Waals surface area contributed by atoms with Crippen LogP contribution in [0.2, 0.25) is 10.0 Å². The van der Waals surface area contributed by atoms with Gasteiger partial charge in [0.05, 0.1) is 5.75 Å². The van der Waals surface area contributed by atoms with Crippen molar-refractivity contribution in [3.8, 4) is 0 Å². The van der Waals surface area contributed by atoms with E-state index in [2.05, 4.69) is 15.6 Å². The minimum Gasteiger partial charge on any atom is -0.357 e. The lowest BCUT2D eigenvalue weighted by Crippen LogP contribution is -2.39. The fourth-order valence-electron chi connectivity index (χ4n) is 1.88. The SMILES string of the molecule is CCNC(=NCCCc1ccc(Cl)cc1Cl)NCCS(C)(=O)=O. The molecule has 1 rings (SSSR count). The van der Waals surface area contributed by atoms with Crippen molar-refractivity contribution < 1.29 is 8.42 Å². The Labute approximate surface area is 148 Å². The molecule has 0 aliphatic heterocycles. The summed E-state index contributed by atoms with van der Waals surface area (Å²) in [5, 5.41) is 7.39. The number of hydrogen-bond donors (Lipinski definition) is 2. The zero-order chi connectivity index (χ0) is 17.3. The van der Waals surface area contributed by atoms with E-state index in [1.807, 2.05) is 19.1 Å². The highest BCUT2D eigenvalue weighted by molar-refractivity contribution is 7.90. The fraction of sp³-hybridized carbons (Fsp3) is 0.533. The van der Waals surface area contributed by atoms with Crippen molar-refractivity contribution in [1.82, 2.24) is 10.6 Å². The van der Waals surface area contributed by atoms with Gasteiger partial charge in [-0.15, -0.1) is 0 Å². The first-order valence-corrected chi connectivity index (χ1v) is 10.3. The maximum absolute atomic E-state index is 11.1. The highest BCUT2D eigenvalue weighted by atomic mass is 35.5. The number of aryl methyl sites for hydroxylation is 1. The first-order valence-electron chi connectivity index (χ1n) is 7.45. The lowest BCUT2D eigenvalue weighted by Gasteiger charge is -2.10. The number of aliphatic imine (C=N–C) groups is 1. The predicted octanol–water partition coefficient (Wildman–Crippen LogP) is 2.53. The second kappa shape index (κ2) is 10.0. The number of benzene rings is 1. The Hall–Kier alpha value is -0.980. The Bertz CT molecular complexity index is 634. The molecule has 0 unspecified atom stereocenters. The van der Waals surface area contributed by atoms with Gasteiger partial charge in [-0.3, -0.25) is 4.99 Å². The summed E-state index contributed by atoms with van der Waals surface area (Å²) in [6.45, 7) is 3.63. The van der Waals surface area contributed by atoms with Crippen LogP contribution in [0.15, 0.2) is 23.2 Å². The molecule has 0 aromatic heterocycles. The first kappa shape index (κ1) is 20.1. The van der Waals surface area contributed by atoms with Gasteiger partial charge in [0.1, 0.15) is 9.84 Å². The zero-order valence-corrected chi connectivity index (χ0v) is 15.7. The van der Waals surface area contributed by atoms with E-state index in [1.54, 1.807) is 6.07 Å². The normalized spacial score (nSPS) is 12.3. The molecule has 2 N–H and O–H groups in total. The lowest BCUT2D eigenvalue weighted by atomic mass is 10.1. The predicted molar refractivity (Wildman–Crippen MR) is 98.5 cm³/mol. The van der Waals surface area contributed by atoms with Gasteiger partial charge >= 0.3 is 0 Å². The Kier molecular flexibility index (Phi) is 8.73. The van der Waals surface area contributed by atoms with Crippen LogP contribution in [0.3, 0.4) is 0 Å². The Morgan fingerprint density at radius 3 is 2.61 bits per heavy atom.